The molecule has 0 saturated carbocycles. The number of carbonyl (C=O) groups is 1. The third kappa shape index (κ3) is 2.35. The summed E-state index contributed by atoms with van der Waals surface area (Å²) < 4.78 is 29.5. The summed E-state index contributed by atoms with van der Waals surface area (Å²) in [4.78, 5) is 24.5. The van der Waals surface area contributed by atoms with Gasteiger partial charge in [0, 0.05) is 11.8 Å². The van der Waals surface area contributed by atoms with Crippen LogP contribution in [0.4, 0.5) is 14.5 Å². The number of nitrogens with zero attached hydrogens (tertiary/aromatic N) is 2. The molecule has 17 heavy (non-hydrogen) atoms. The van der Waals surface area contributed by atoms with E-state index in [1.165, 1.54) is 6.92 Å². The number of methoxy groups -OCH3 is 1. The normalized spacial score (nSPS) is 10.4. The molecule has 1 aromatic rings. The van der Waals surface area contributed by atoms with Crippen LogP contribution in [0, 0.1) is 17.0 Å². The van der Waals surface area contributed by atoms with Gasteiger partial charge >= 0.3 is 5.97 Å². The number of aryl methyl sites for hydroxylation is 1. The smallest absolute Gasteiger partial charge is 0.347 e. The van der Waals surface area contributed by atoms with Crippen molar-refractivity contribution in [3.63, 3.8) is 0 Å². The van der Waals surface area contributed by atoms with E-state index in [0.717, 1.165) is 13.3 Å². The Morgan fingerprint density at radius 3 is 2.59 bits per heavy atom. The highest BCUT2D eigenvalue weighted by Gasteiger charge is 2.32. The van der Waals surface area contributed by atoms with Crippen molar-refractivity contribution in [2.24, 2.45) is 0 Å². The van der Waals surface area contributed by atoms with Crippen molar-refractivity contribution in [3.05, 3.63) is 33.1 Å². The molecule has 92 valence electrons. The molecule has 0 saturated heterocycles. The SMILES string of the molecule is COC(=O)c1c(C(F)F)ncc(C)c1[N+](=O)[O-]. The van der Waals surface area contributed by atoms with Crippen LogP contribution in [0.1, 0.15) is 28.0 Å². The monoisotopic (exact) mass is 246 g/mol. The summed E-state index contributed by atoms with van der Waals surface area (Å²) >= 11 is 0. The second-order valence-corrected chi connectivity index (χ2v) is 3.10. The van der Waals surface area contributed by atoms with Gasteiger partial charge in [-0.05, 0) is 6.92 Å². The maximum absolute atomic E-state index is 12.6. The maximum Gasteiger partial charge on any atom is 0.347 e. The minimum Gasteiger partial charge on any atom is -0.465 e. The van der Waals surface area contributed by atoms with E-state index in [2.05, 4.69) is 9.72 Å². The summed E-state index contributed by atoms with van der Waals surface area (Å²) in [5.41, 5.74) is -2.44. The number of nitro groups is 1. The van der Waals surface area contributed by atoms with E-state index in [4.69, 9.17) is 0 Å². The number of halogens is 2. The molecule has 0 radical (unpaired) electrons. The lowest BCUT2D eigenvalue weighted by molar-refractivity contribution is -0.385. The number of carbonyl (C=O) groups excluding carboxylic acids is 1. The van der Waals surface area contributed by atoms with Gasteiger partial charge in [0.2, 0.25) is 0 Å². The van der Waals surface area contributed by atoms with Crippen molar-refractivity contribution in [1.29, 1.82) is 0 Å². The zero-order valence-corrected chi connectivity index (χ0v) is 8.94. The van der Waals surface area contributed by atoms with Crippen LogP contribution in [0.5, 0.6) is 0 Å². The summed E-state index contributed by atoms with van der Waals surface area (Å²) in [6, 6.07) is 0. The van der Waals surface area contributed by atoms with Crippen LogP contribution in [-0.2, 0) is 4.74 Å². The van der Waals surface area contributed by atoms with Crippen LogP contribution in [0.25, 0.3) is 0 Å². The largest absolute Gasteiger partial charge is 0.465 e. The van der Waals surface area contributed by atoms with Gasteiger partial charge in [0.25, 0.3) is 12.1 Å². The zero-order chi connectivity index (χ0) is 13.2. The lowest BCUT2D eigenvalue weighted by atomic mass is 10.1. The summed E-state index contributed by atoms with van der Waals surface area (Å²) in [7, 11) is 0.948. The third-order valence-electron chi connectivity index (χ3n) is 2.04. The molecule has 6 nitrogen and oxygen atoms in total. The molecule has 0 fully saturated rings. The Morgan fingerprint density at radius 1 is 1.59 bits per heavy atom. The van der Waals surface area contributed by atoms with Crippen LogP contribution < -0.4 is 0 Å². The number of ether oxygens (including phenoxy) is 1. The minimum atomic E-state index is -3.09. The quantitative estimate of drug-likeness (QED) is 0.463. The number of hydrogen-bond donors (Lipinski definition) is 0. The molecule has 0 aliphatic carbocycles. The fourth-order valence-corrected chi connectivity index (χ4v) is 1.31. The van der Waals surface area contributed by atoms with Crippen molar-refractivity contribution in [2.75, 3.05) is 7.11 Å². The molecule has 1 aromatic heterocycles. The molecule has 1 rings (SSSR count). The van der Waals surface area contributed by atoms with Gasteiger partial charge < -0.3 is 4.74 Å². The first-order chi connectivity index (χ1) is 7.90. The number of hydrogen-bond acceptors (Lipinski definition) is 5. The van der Waals surface area contributed by atoms with Gasteiger partial charge in [-0.3, -0.25) is 15.1 Å². The Labute approximate surface area is 94.4 Å². The molecule has 0 amide bonds. The van der Waals surface area contributed by atoms with Crippen LogP contribution in [-0.4, -0.2) is 23.0 Å². The number of rotatable bonds is 3. The van der Waals surface area contributed by atoms with Gasteiger partial charge in [-0.15, -0.1) is 0 Å². The molecule has 8 heteroatoms. The number of alkyl halides is 2. The summed E-state index contributed by atoms with van der Waals surface area (Å²) in [5, 5.41) is 10.8. The van der Waals surface area contributed by atoms with Gasteiger partial charge in [0.1, 0.15) is 5.69 Å². The van der Waals surface area contributed by atoms with Crippen LogP contribution in [0.3, 0.4) is 0 Å². The van der Waals surface area contributed by atoms with Gasteiger partial charge in [-0.2, -0.15) is 0 Å². The average molecular weight is 246 g/mol. The van der Waals surface area contributed by atoms with E-state index in [9.17, 15) is 23.7 Å². The van der Waals surface area contributed by atoms with Crippen LogP contribution in [0.15, 0.2) is 6.20 Å². The first kappa shape index (κ1) is 12.9. The zero-order valence-electron chi connectivity index (χ0n) is 8.94. The highest BCUT2D eigenvalue weighted by atomic mass is 19.3. The molecule has 0 N–H and O–H groups in total. The highest BCUT2D eigenvalue weighted by molar-refractivity contribution is 5.95. The Bertz CT molecular complexity index is 476. The van der Waals surface area contributed by atoms with Crippen LogP contribution >= 0.6 is 0 Å². The first-order valence-electron chi connectivity index (χ1n) is 4.40. The molecule has 0 bridgehead atoms. The number of pyridine rings is 1. The van der Waals surface area contributed by atoms with Crippen molar-refractivity contribution >= 4 is 11.7 Å². The van der Waals surface area contributed by atoms with Crippen molar-refractivity contribution in [1.82, 2.24) is 4.98 Å². The lowest BCUT2D eigenvalue weighted by Crippen LogP contribution is -2.13. The summed E-state index contributed by atoms with van der Waals surface area (Å²) in [5.74, 6) is -1.21. The third-order valence-corrected chi connectivity index (χ3v) is 2.04. The van der Waals surface area contributed by atoms with Crippen molar-refractivity contribution in [3.8, 4) is 0 Å². The molecule has 1 heterocycles. The van der Waals surface area contributed by atoms with Gasteiger partial charge in [0.15, 0.2) is 5.56 Å². The van der Waals surface area contributed by atoms with Gasteiger partial charge in [-0.1, -0.05) is 0 Å². The fourth-order valence-electron chi connectivity index (χ4n) is 1.31. The second kappa shape index (κ2) is 4.81. The van der Waals surface area contributed by atoms with E-state index in [1.807, 2.05) is 0 Å². The standard InChI is InChI=1S/C9H8F2N2O4/c1-4-3-12-6(8(10)11)5(9(14)17-2)7(4)13(15)16/h3,8H,1-2H3. The average Bonchev–Trinajstić information content (AvgIpc) is 2.26. The molecule has 0 atom stereocenters. The predicted octanol–water partition coefficient (Wildman–Crippen LogP) is 2.02. The van der Waals surface area contributed by atoms with Crippen molar-refractivity contribution in [2.45, 2.75) is 13.3 Å². The Balaban J connectivity index is 3.61. The van der Waals surface area contributed by atoms with Crippen molar-refractivity contribution < 1.29 is 23.2 Å². The molecule has 0 aromatic carbocycles. The van der Waals surface area contributed by atoms with Gasteiger partial charge in [0.05, 0.1) is 12.0 Å². The van der Waals surface area contributed by atoms with Crippen LogP contribution in [0.2, 0.25) is 0 Å². The minimum absolute atomic E-state index is 0.0137. The highest BCUT2D eigenvalue weighted by Crippen LogP contribution is 2.30. The van der Waals surface area contributed by atoms with E-state index < -0.39 is 34.3 Å². The predicted molar refractivity (Wildman–Crippen MR) is 51.9 cm³/mol. The Hall–Kier alpha value is -2.12. The lowest BCUT2D eigenvalue weighted by Gasteiger charge is -2.08. The second-order valence-electron chi connectivity index (χ2n) is 3.10. The van der Waals surface area contributed by atoms with E-state index in [0.29, 0.717) is 0 Å². The molecular formula is C9H8F2N2O4. The molecule has 0 aliphatic rings. The maximum atomic E-state index is 12.6. The molecular weight excluding hydrogens is 238 g/mol. The topological polar surface area (TPSA) is 82.3 Å². The fraction of sp³-hybridized carbons (Fsp3) is 0.333. The molecule has 0 aliphatic heterocycles. The summed E-state index contributed by atoms with van der Waals surface area (Å²) in [6.07, 6.45) is -2.17. The molecule has 0 spiro atoms. The van der Waals surface area contributed by atoms with E-state index >= 15 is 0 Å². The van der Waals surface area contributed by atoms with Gasteiger partial charge in [-0.25, -0.2) is 13.6 Å². The van der Waals surface area contributed by atoms with E-state index in [1.54, 1.807) is 0 Å². The number of aromatic nitrogens is 1. The summed E-state index contributed by atoms with van der Waals surface area (Å²) in [6.45, 7) is 1.30. The Kier molecular flexibility index (Phi) is 3.66. The van der Waals surface area contributed by atoms with E-state index in [-0.39, 0.29) is 5.56 Å². The first-order valence-corrected chi connectivity index (χ1v) is 4.40. The Morgan fingerprint density at radius 2 is 2.18 bits per heavy atom. The number of esters is 1. The molecule has 0 unspecified atom stereocenters.